The third-order valence-electron chi connectivity index (χ3n) is 4.81. The molecule has 0 radical (unpaired) electrons. The van der Waals surface area contributed by atoms with E-state index in [1.165, 1.54) is 56.4 Å². The number of carbonyl (C=O) groups is 1. The Morgan fingerprint density at radius 2 is 1.81 bits per heavy atom. The molecule has 36 heavy (non-hydrogen) atoms. The highest BCUT2D eigenvalue weighted by Crippen LogP contribution is 2.41. The number of nitrogens with zero attached hydrogens (tertiary/aromatic N) is 3. The average molecular weight is 525 g/mol. The van der Waals surface area contributed by atoms with Crippen molar-refractivity contribution < 1.29 is 37.1 Å². The lowest BCUT2D eigenvalue weighted by atomic mass is 10.1. The molecule has 3 rings (SSSR count). The van der Waals surface area contributed by atoms with Crippen LogP contribution in [0.4, 0.5) is 36.3 Å². The first-order valence-corrected chi connectivity index (χ1v) is 12.1. The summed E-state index contributed by atoms with van der Waals surface area (Å²) in [7, 11) is 0.0381. The van der Waals surface area contributed by atoms with Crippen molar-refractivity contribution in [2.75, 3.05) is 31.8 Å². The van der Waals surface area contributed by atoms with Crippen molar-refractivity contribution in [1.29, 1.82) is 0 Å². The smallest absolute Gasteiger partial charge is 0.421 e. The van der Waals surface area contributed by atoms with Gasteiger partial charge in [0.2, 0.25) is 5.95 Å². The summed E-state index contributed by atoms with van der Waals surface area (Å²) in [4.78, 5) is 39.9. The minimum Gasteiger partial charge on any atom is -0.495 e. The van der Waals surface area contributed by atoms with Crippen molar-refractivity contribution in [2.24, 2.45) is 0 Å². The predicted molar refractivity (Wildman–Crippen MR) is 127 cm³/mol. The largest absolute Gasteiger partial charge is 0.495 e. The number of carbonyl (C=O) groups excluding carboxylic acids is 1. The summed E-state index contributed by atoms with van der Waals surface area (Å²) in [5.41, 5.74) is -0.342. The second-order valence-electron chi connectivity index (χ2n) is 7.81. The van der Waals surface area contributed by atoms with Crippen LogP contribution in [0, 0.1) is 0 Å². The van der Waals surface area contributed by atoms with Crippen LogP contribution in [0.1, 0.15) is 21.5 Å². The lowest BCUT2D eigenvalue weighted by Crippen LogP contribution is -2.23. The lowest BCUT2D eigenvalue weighted by Gasteiger charge is -2.18. The molecule has 0 aliphatic rings. The number of benzene rings is 2. The van der Waals surface area contributed by atoms with Crippen molar-refractivity contribution in [2.45, 2.75) is 12.3 Å². The molecule has 1 amide bonds. The van der Waals surface area contributed by atoms with E-state index >= 15 is 0 Å². The van der Waals surface area contributed by atoms with Crippen LogP contribution in [0.2, 0.25) is 0 Å². The van der Waals surface area contributed by atoms with E-state index in [0.29, 0.717) is 11.8 Å². The third-order valence-corrected chi connectivity index (χ3v) is 5.59. The van der Waals surface area contributed by atoms with E-state index in [1.807, 2.05) is 0 Å². The van der Waals surface area contributed by atoms with Gasteiger partial charge in [-0.3, -0.25) is 9.36 Å². The second-order valence-corrected chi connectivity index (χ2v) is 9.45. The quantitative estimate of drug-likeness (QED) is 0.316. The molecule has 0 saturated heterocycles. The molecule has 3 aromatic rings. The fraction of sp³-hybridized carbons (Fsp3) is 0.227. The molecule has 1 aromatic heterocycles. The highest BCUT2D eigenvalue weighted by Gasteiger charge is 2.35. The summed E-state index contributed by atoms with van der Waals surface area (Å²) in [5, 5.41) is 5.35. The Morgan fingerprint density at radius 1 is 1.11 bits per heavy atom. The van der Waals surface area contributed by atoms with Crippen molar-refractivity contribution in [1.82, 2.24) is 14.9 Å². The van der Waals surface area contributed by atoms with Crippen LogP contribution in [0.25, 0.3) is 0 Å². The van der Waals surface area contributed by atoms with Crippen LogP contribution in [0.5, 0.6) is 5.75 Å². The number of alkyl halides is 3. The maximum absolute atomic E-state index is 13.7. The molecule has 0 atom stereocenters. The molecule has 14 heteroatoms. The van der Waals surface area contributed by atoms with Gasteiger partial charge in [-0.2, -0.15) is 18.2 Å². The highest BCUT2D eigenvalue weighted by atomic mass is 31.2. The zero-order valence-corrected chi connectivity index (χ0v) is 20.3. The minimum absolute atomic E-state index is 0.116. The molecule has 192 valence electrons. The maximum Gasteiger partial charge on any atom is 0.421 e. The van der Waals surface area contributed by atoms with E-state index in [-0.39, 0.29) is 28.6 Å². The number of para-hydroxylation sites is 1. The zero-order chi connectivity index (χ0) is 26.7. The van der Waals surface area contributed by atoms with Gasteiger partial charge in [0.1, 0.15) is 17.1 Å². The van der Waals surface area contributed by atoms with E-state index < -0.39 is 37.2 Å². The molecule has 0 unspecified atom stereocenters. The van der Waals surface area contributed by atoms with Crippen molar-refractivity contribution >= 4 is 36.6 Å². The molecule has 0 spiro atoms. The number of hydrogen-bond donors (Lipinski definition) is 4. The number of aromatic nitrogens is 2. The van der Waals surface area contributed by atoms with Gasteiger partial charge in [-0.1, -0.05) is 18.2 Å². The molecule has 10 nitrogen and oxygen atoms in total. The number of nitrogens with one attached hydrogen (secondary N) is 2. The summed E-state index contributed by atoms with van der Waals surface area (Å²) < 4.78 is 57.6. The average Bonchev–Trinajstić information content (AvgIpc) is 2.78. The van der Waals surface area contributed by atoms with Gasteiger partial charge in [0.25, 0.3) is 5.91 Å². The van der Waals surface area contributed by atoms with Gasteiger partial charge in [0.15, 0.2) is 0 Å². The van der Waals surface area contributed by atoms with Crippen LogP contribution in [-0.4, -0.2) is 51.8 Å². The predicted octanol–water partition coefficient (Wildman–Crippen LogP) is 4.37. The molecule has 0 aliphatic heterocycles. The number of rotatable bonds is 8. The van der Waals surface area contributed by atoms with Gasteiger partial charge in [0, 0.05) is 20.3 Å². The standard InChI is InChI=1S/C22H23F3N5O5P/c1-30(2)20(31)14-6-4-5-7-16(14)27-19-15(22(23,24)25)11-26-21(29-19)28-17-9-8-13(10-18(17)35-3)12-36(32,33)34/h4-11H,12H2,1-3H3,(H2,32,33,34)(H2,26,27,28,29). The summed E-state index contributed by atoms with van der Waals surface area (Å²) >= 11 is 0. The Labute approximate surface area is 204 Å². The number of anilines is 4. The molecule has 2 aromatic carbocycles. The topological polar surface area (TPSA) is 137 Å². The molecule has 1 heterocycles. The molecule has 0 bridgehead atoms. The van der Waals surface area contributed by atoms with Gasteiger partial charge < -0.3 is 30.1 Å². The Kier molecular flexibility index (Phi) is 7.87. The van der Waals surface area contributed by atoms with E-state index in [2.05, 4.69) is 20.6 Å². The first-order valence-electron chi connectivity index (χ1n) is 10.3. The number of halogens is 3. The van der Waals surface area contributed by atoms with Crippen LogP contribution >= 0.6 is 7.60 Å². The molecule has 4 N–H and O–H groups in total. The number of hydrogen-bond acceptors (Lipinski definition) is 7. The van der Waals surface area contributed by atoms with E-state index in [1.54, 1.807) is 12.1 Å². The molecule has 0 fully saturated rings. The van der Waals surface area contributed by atoms with Crippen molar-refractivity contribution in [3.8, 4) is 5.75 Å². The van der Waals surface area contributed by atoms with E-state index in [9.17, 15) is 32.3 Å². The van der Waals surface area contributed by atoms with Crippen molar-refractivity contribution in [3.63, 3.8) is 0 Å². The van der Waals surface area contributed by atoms with Crippen LogP contribution in [0.3, 0.4) is 0 Å². The SMILES string of the molecule is COc1cc(CP(=O)(O)O)ccc1Nc1ncc(C(F)(F)F)c(Nc2ccccc2C(=O)N(C)C)n1. The number of methoxy groups -OCH3 is 1. The van der Waals surface area contributed by atoms with Gasteiger partial charge >= 0.3 is 13.8 Å². The minimum atomic E-state index is -4.79. The second kappa shape index (κ2) is 10.5. The summed E-state index contributed by atoms with van der Waals surface area (Å²) in [6, 6.07) is 10.3. The Hall–Kier alpha value is -3.67. The van der Waals surface area contributed by atoms with Crippen LogP contribution in [0.15, 0.2) is 48.7 Å². The summed E-state index contributed by atoms with van der Waals surface area (Å²) in [5.74, 6) is -1.06. The fourth-order valence-electron chi connectivity index (χ4n) is 3.19. The monoisotopic (exact) mass is 525 g/mol. The van der Waals surface area contributed by atoms with Crippen LogP contribution in [-0.2, 0) is 16.9 Å². The Balaban J connectivity index is 2.00. The number of amides is 1. The van der Waals surface area contributed by atoms with Gasteiger partial charge in [-0.25, -0.2) is 4.98 Å². The molecular weight excluding hydrogens is 502 g/mol. The summed E-state index contributed by atoms with van der Waals surface area (Å²) in [6.07, 6.45) is -4.70. The first kappa shape index (κ1) is 26.9. The van der Waals surface area contributed by atoms with Gasteiger partial charge in [-0.15, -0.1) is 0 Å². The zero-order valence-electron chi connectivity index (χ0n) is 19.4. The summed E-state index contributed by atoms with van der Waals surface area (Å²) in [6.45, 7) is 0. The molecular formula is C22H23F3N5O5P. The van der Waals surface area contributed by atoms with Crippen molar-refractivity contribution in [3.05, 3.63) is 65.4 Å². The van der Waals surface area contributed by atoms with Gasteiger partial charge in [-0.05, 0) is 29.8 Å². The van der Waals surface area contributed by atoms with E-state index in [0.717, 1.165) is 0 Å². The van der Waals surface area contributed by atoms with Gasteiger partial charge in [0.05, 0.1) is 30.2 Å². The molecule has 0 saturated carbocycles. The number of ether oxygens (including phenoxy) is 1. The Morgan fingerprint density at radius 3 is 2.42 bits per heavy atom. The maximum atomic E-state index is 13.7. The Bertz CT molecular complexity index is 1310. The lowest BCUT2D eigenvalue weighted by molar-refractivity contribution is -0.137. The first-order chi connectivity index (χ1) is 16.8. The third kappa shape index (κ3) is 6.72. The fourth-order valence-corrected chi connectivity index (χ4v) is 3.86. The highest BCUT2D eigenvalue weighted by molar-refractivity contribution is 7.50. The molecule has 0 aliphatic carbocycles. The van der Waals surface area contributed by atoms with E-state index in [4.69, 9.17) is 4.74 Å². The van der Waals surface area contributed by atoms with Crippen LogP contribution < -0.4 is 15.4 Å². The normalized spacial score (nSPS) is 11.7.